The van der Waals surface area contributed by atoms with Crippen LogP contribution in [0.3, 0.4) is 0 Å². The average molecular weight is 434 g/mol. The molecule has 0 aliphatic carbocycles. The summed E-state index contributed by atoms with van der Waals surface area (Å²) in [6, 6.07) is 4.87. The van der Waals surface area contributed by atoms with Gasteiger partial charge in [-0.25, -0.2) is 4.98 Å². The van der Waals surface area contributed by atoms with Crippen LogP contribution in [0.4, 0.5) is 5.69 Å². The number of nitrogens with one attached hydrogen (secondary N) is 1. The van der Waals surface area contributed by atoms with Gasteiger partial charge in [-0.3, -0.25) is 4.99 Å². The molecular formula is C14H11Cl3N6O2S. The summed E-state index contributed by atoms with van der Waals surface area (Å²) in [7, 11) is 0. The van der Waals surface area contributed by atoms with Crippen molar-refractivity contribution in [3.63, 3.8) is 0 Å². The Balaban J connectivity index is 1.83. The van der Waals surface area contributed by atoms with Crippen molar-refractivity contribution in [1.82, 2.24) is 9.88 Å². The number of hydrazone groups is 1. The molecule has 8 nitrogen and oxygen atoms in total. The quantitative estimate of drug-likeness (QED) is 0.332. The lowest BCUT2D eigenvalue weighted by atomic mass is 10.3. The Morgan fingerprint density at radius 2 is 2.12 bits per heavy atom. The molecule has 12 heteroatoms. The summed E-state index contributed by atoms with van der Waals surface area (Å²) >= 11 is 19.2. The van der Waals surface area contributed by atoms with Gasteiger partial charge in [-0.05, 0) is 17.1 Å². The van der Waals surface area contributed by atoms with Gasteiger partial charge in [0.2, 0.25) is 5.84 Å². The molecule has 0 radical (unpaired) electrons. The molecule has 1 aliphatic heterocycles. The Morgan fingerprint density at radius 3 is 2.73 bits per heavy atom. The van der Waals surface area contributed by atoms with Crippen LogP contribution in [0.5, 0.6) is 0 Å². The Labute approximate surface area is 167 Å². The number of amidine groups is 2. The minimum atomic E-state index is -0.603. The first-order chi connectivity index (χ1) is 12.5. The number of benzene rings is 1. The number of halogens is 3. The molecule has 0 fully saturated rings. The van der Waals surface area contributed by atoms with Gasteiger partial charge in [0.05, 0.1) is 28.2 Å². The molecule has 1 aromatic heterocycles. The molecule has 0 saturated carbocycles. The molecule has 0 bridgehead atoms. The molecule has 1 aromatic carbocycles. The molecular weight excluding hydrogens is 423 g/mol. The zero-order valence-electron chi connectivity index (χ0n) is 13.0. The van der Waals surface area contributed by atoms with Crippen molar-refractivity contribution in [2.75, 3.05) is 18.5 Å². The molecule has 2 aromatic rings. The molecule has 26 heavy (non-hydrogen) atoms. The summed E-state index contributed by atoms with van der Waals surface area (Å²) < 4.78 is 0.413. The number of hydrogen-bond donors (Lipinski definition) is 1. The van der Waals surface area contributed by atoms with Crippen molar-refractivity contribution in [2.45, 2.75) is 6.54 Å². The summed E-state index contributed by atoms with van der Waals surface area (Å²) in [5, 5.41) is 16.0. The van der Waals surface area contributed by atoms with Crippen LogP contribution in [0, 0.1) is 10.1 Å². The van der Waals surface area contributed by atoms with Gasteiger partial charge in [-0.15, -0.1) is 11.3 Å². The molecule has 0 unspecified atom stereocenters. The lowest BCUT2D eigenvalue weighted by Crippen LogP contribution is -2.37. The van der Waals surface area contributed by atoms with E-state index in [-0.39, 0.29) is 11.5 Å². The van der Waals surface area contributed by atoms with Crippen LogP contribution in [0.15, 0.2) is 34.5 Å². The van der Waals surface area contributed by atoms with E-state index in [0.29, 0.717) is 34.1 Å². The maximum absolute atomic E-state index is 11.5. The summed E-state index contributed by atoms with van der Waals surface area (Å²) in [5.74, 6) is -0.246. The summed E-state index contributed by atoms with van der Waals surface area (Å²) in [4.78, 5) is 21.7. The molecule has 3 rings (SSSR count). The lowest BCUT2D eigenvalue weighted by molar-refractivity contribution is -0.346. The summed E-state index contributed by atoms with van der Waals surface area (Å²) in [5.41, 5.74) is 2.86. The highest BCUT2D eigenvalue weighted by Crippen LogP contribution is 2.29. The maximum atomic E-state index is 11.5. The molecule has 0 spiro atoms. The third-order valence-corrected chi connectivity index (χ3v) is 5.14. The predicted octanol–water partition coefficient (Wildman–Crippen LogP) is 4.02. The molecule has 2 heterocycles. The zero-order chi connectivity index (χ0) is 18.7. The second-order valence-corrected chi connectivity index (χ2v) is 7.62. The lowest BCUT2D eigenvalue weighted by Gasteiger charge is -2.16. The Hall–Kier alpha value is -1.94. The zero-order valence-corrected chi connectivity index (χ0v) is 16.1. The number of hydrogen-bond acceptors (Lipinski definition) is 8. The van der Waals surface area contributed by atoms with Gasteiger partial charge in [0.15, 0.2) is 4.47 Å². The number of anilines is 1. The van der Waals surface area contributed by atoms with E-state index in [1.807, 2.05) is 0 Å². The van der Waals surface area contributed by atoms with E-state index in [9.17, 15) is 10.1 Å². The van der Waals surface area contributed by atoms with Crippen LogP contribution in [0.25, 0.3) is 0 Å². The van der Waals surface area contributed by atoms with E-state index in [4.69, 9.17) is 34.8 Å². The highest BCUT2D eigenvalue weighted by molar-refractivity contribution is 7.15. The molecule has 0 atom stereocenters. The summed E-state index contributed by atoms with van der Waals surface area (Å²) in [6.45, 7) is 1.37. The first-order valence-corrected chi connectivity index (χ1v) is 9.23. The van der Waals surface area contributed by atoms with Gasteiger partial charge < -0.3 is 15.0 Å². The third kappa shape index (κ3) is 4.24. The van der Waals surface area contributed by atoms with E-state index in [1.54, 1.807) is 29.3 Å². The summed E-state index contributed by atoms with van der Waals surface area (Å²) in [6.07, 6.45) is 1.63. The van der Waals surface area contributed by atoms with E-state index in [1.165, 1.54) is 11.3 Å². The fraction of sp³-hybridized carbons (Fsp3) is 0.214. The number of rotatable bonds is 5. The van der Waals surface area contributed by atoms with Crippen molar-refractivity contribution >= 4 is 63.5 Å². The van der Waals surface area contributed by atoms with E-state index in [0.717, 1.165) is 4.88 Å². The van der Waals surface area contributed by atoms with Gasteiger partial charge >= 0.3 is 5.84 Å². The van der Waals surface area contributed by atoms with Gasteiger partial charge in [-0.2, -0.15) is 5.43 Å². The fourth-order valence-corrected chi connectivity index (χ4v) is 3.75. The number of para-hydroxylation sites is 1. The largest absolute Gasteiger partial charge is 0.430 e. The molecule has 0 amide bonds. The Bertz CT molecular complexity index is 880. The molecule has 1 aliphatic rings. The van der Waals surface area contributed by atoms with Crippen molar-refractivity contribution in [2.24, 2.45) is 10.1 Å². The number of aromatic nitrogens is 1. The smallest absolute Gasteiger partial charge is 0.358 e. The van der Waals surface area contributed by atoms with Crippen LogP contribution in [-0.2, 0) is 6.54 Å². The van der Waals surface area contributed by atoms with Gasteiger partial charge in [0, 0.05) is 17.6 Å². The minimum Gasteiger partial charge on any atom is -0.358 e. The van der Waals surface area contributed by atoms with Crippen molar-refractivity contribution in [1.29, 1.82) is 0 Å². The maximum Gasteiger partial charge on any atom is 0.430 e. The normalized spacial score (nSPS) is 14.5. The topological polar surface area (TPSA) is 96.0 Å². The van der Waals surface area contributed by atoms with Crippen LogP contribution < -0.4 is 5.43 Å². The number of nitro groups is 1. The first-order valence-electron chi connectivity index (χ1n) is 7.28. The van der Waals surface area contributed by atoms with Crippen LogP contribution in [-0.4, -0.2) is 39.6 Å². The second-order valence-electron chi connectivity index (χ2n) is 5.11. The van der Waals surface area contributed by atoms with Gasteiger partial charge in [0.25, 0.3) is 0 Å². The van der Waals surface area contributed by atoms with Crippen molar-refractivity contribution < 1.29 is 4.92 Å². The van der Waals surface area contributed by atoms with E-state index < -0.39 is 10.8 Å². The molecule has 1 N–H and O–H groups in total. The van der Waals surface area contributed by atoms with E-state index >= 15 is 0 Å². The number of aliphatic imine (C=N–C) groups is 1. The van der Waals surface area contributed by atoms with Gasteiger partial charge in [0.1, 0.15) is 5.69 Å². The van der Waals surface area contributed by atoms with Crippen molar-refractivity contribution in [3.8, 4) is 0 Å². The van der Waals surface area contributed by atoms with Crippen LogP contribution in [0.1, 0.15) is 4.88 Å². The number of thiazole rings is 1. The molecule has 0 saturated heterocycles. The monoisotopic (exact) mass is 432 g/mol. The average Bonchev–Trinajstić information content (AvgIpc) is 3.19. The van der Waals surface area contributed by atoms with Crippen LogP contribution >= 0.6 is 46.1 Å². The predicted molar refractivity (Wildman–Crippen MR) is 104 cm³/mol. The standard InChI is InChI=1S/C14H11Cl3N6O2S/c15-9-2-1-3-10(16)11(9)20-21-13(23(24)25)12-18-4-5-22(12)7-8-6-19-14(17)26-8/h1-3,6,20H,4-5,7H2/b21-13-. The second kappa shape index (κ2) is 8.17. The SMILES string of the molecule is O=[N+]([O-])/C(=N\Nc1c(Cl)cccc1Cl)C1=NCCN1Cc1cnc(Cl)s1. The van der Waals surface area contributed by atoms with Gasteiger partial charge in [-0.1, -0.05) is 40.9 Å². The fourth-order valence-electron chi connectivity index (χ4n) is 2.28. The minimum absolute atomic E-state index is 0.176. The Kier molecular flexibility index (Phi) is 5.92. The molecule has 136 valence electrons. The Morgan fingerprint density at radius 1 is 1.38 bits per heavy atom. The highest BCUT2D eigenvalue weighted by atomic mass is 35.5. The first kappa shape index (κ1) is 18.8. The van der Waals surface area contributed by atoms with Crippen molar-refractivity contribution in [3.05, 3.63) is 53.9 Å². The highest BCUT2D eigenvalue weighted by Gasteiger charge is 2.31. The number of nitrogens with zero attached hydrogens (tertiary/aromatic N) is 5. The van der Waals surface area contributed by atoms with E-state index in [2.05, 4.69) is 20.5 Å². The van der Waals surface area contributed by atoms with Crippen LogP contribution in [0.2, 0.25) is 14.5 Å². The third-order valence-electron chi connectivity index (χ3n) is 3.41.